The third-order valence-electron chi connectivity index (χ3n) is 0.993. The van der Waals surface area contributed by atoms with E-state index < -0.39 is 11.7 Å². The molecule has 10 heavy (non-hydrogen) atoms. The molecule has 0 aromatic carbocycles. The molecule has 3 heteroatoms. The van der Waals surface area contributed by atoms with Gasteiger partial charge in [-0.2, -0.15) is 0 Å². The lowest BCUT2D eigenvalue weighted by Crippen LogP contribution is -1.75. The average molecular weight is 150 g/mol. The highest BCUT2D eigenvalue weighted by atomic mass is 19.2. The molecule has 0 aliphatic rings. The van der Waals surface area contributed by atoms with Crippen LogP contribution in [0.1, 0.15) is 19.8 Å². The summed E-state index contributed by atoms with van der Waals surface area (Å²) in [4.78, 5) is 0. The predicted octanol–water partition coefficient (Wildman–Crippen LogP) is 3.42. The van der Waals surface area contributed by atoms with E-state index in [0.717, 1.165) is 13.0 Å². The van der Waals surface area contributed by atoms with E-state index in [9.17, 15) is 13.2 Å². The van der Waals surface area contributed by atoms with E-state index in [1.165, 1.54) is 0 Å². The first-order valence-electron chi connectivity index (χ1n) is 2.94. The summed E-state index contributed by atoms with van der Waals surface area (Å²) < 4.78 is 35.3. The molecule has 0 N–H and O–H groups in total. The quantitative estimate of drug-likeness (QED) is 0.578. The second kappa shape index (κ2) is 5.09. The van der Waals surface area contributed by atoms with Gasteiger partial charge < -0.3 is 0 Å². The number of allylic oxidation sites excluding steroid dienone is 3. The Hall–Kier alpha value is -0.730. The zero-order valence-electron chi connectivity index (χ0n) is 5.70. The van der Waals surface area contributed by atoms with E-state index in [-0.39, 0.29) is 12.8 Å². The van der Waals surface area contributed by atoms with Crippen molar-refractivity contribution in [2.24, 2.45) is 0 Å². The molecule has 0 unspecified atom stereocenters. The summed E-state index contributed by atoms with van der Waals surface area (Å²) in [7, 11) is 0. The Morgan fingerprint density at radius 1 is 1.40 bits per heavy atom. The van der Waals surface area contributed by atoms with Crippen LogP contribution < -0.4 is 0 Å². The molecule has 0 rings (SSSR count). The van der Waals surface area contributed by atoms with Gasteiger partial charge in [-0.15, -0.1) is 0 Å². The molecule has 0 aromatic rings. The van der Waals surface area contributed by atoms with E-state index in [2.05, 4.69) is 0 Å². The maximum atomic E-state index is 12.2. The molecule has 0 amide bonds. The first-order valence-corrected chi connectivity index (χ1v) is 2.94. The van der Waals surface area contributed by atoms with E-state index in [1.807, 2.05) is 0 Å². The van der Waals surface area contributed by atoms with Gasteiger partial charge in [0.05, 0.1) is 6.33 Å². The Kier molecular flexibility index (Phi) is 4.72. The van der Waals surface area contributed by atoms with Crippen molar-refractivity contribution in [3.63, 3.8) is 0 Å². The molecule has 0 atom stereocenters. The van der Waals surface area contributed by atoms with Gasteiger partial charge in [0, 0.05) is 6.42 Å². The van der Waals surface area contributed by atoms with Crippen molar-refractivity contribution in [1.29, 1.82) is 0 Å². The molecule has 0 aliphatic heterocycles. The van der Waals surface area contributed by atoms with Crippen LogP contribution in [0.4, 0.5) is 13.2 Å². The predicted molar refractivity (Wildman–Crippen MR) is 34.4 cm³/mol. The minimum absolute atomic E-state index is 0.0667. The molecular weight excluding hydrogens is 141 g/mol. The standard InChI is InChI=1S/C7H9F3/c1-6(9)7(10)4-2-3-5-8/h3,5H,2,4H2,1H3/b5-3+,7-6+. The summed E-state index contributed by atoms with van der Waals surface area (Å²) >= 11 is 0. The van der Waals surface area contributed by atoms with Gasteiger partial charge in [0.2, 0.25) is 0 Å². The average Bonchev–Trinajstić information content (AvgIpc) is 1.88. The molecule has 0 radical (unpaired) electrons. The molecule has 0 saturated carbocycles. The van der Waals surface area contributed by atoms with E-state index in [1.54, 1.807) is 0 Å². The topological polar surface area (TPSA) is 0 Å². The molecule has 0 nitrogen and oxygen atoms in total. The Bertz CT molecular complexity index is 143. The molecular formula is C7H9F3. The number of rotatable bonds is 3. The Labute approximate surface area is 58.0 Å². The number of halogens is 3. The first kappa shape index (κ1) is 9.27. The fraction of sp³-hybridized carbons (Fsp3) is 0.429. The van der Waals surface area contributed by atoms with Crippen LogP contribution in [0.25, 0.3) is 0 Å². The Morgan fingerprint density at radius 3 is 2.40 bits per heavy atom. The summed E-state index contributed by atoms with van der Waals surface area (Å²) in [6.07, 6.45) is 1.59. The fourth-order valence-electron chi connectivity index (χ4n) is 0.445. The van der Waals surface area contributed by atoms with Crippen LogP contribution in [0.15, 0.2) is 24.1 Å². The second-order valence-electron chi connectivity index (χ2n) is 1.84. The third-order valence-corrected chi connectivity index (χ3v) is 0.993. The van der Waals surface area contributed by atoms with Gasteiger partial charge >= 0.3 is 0 Å². The molecule has 0 spiro atoms. The minimum Gasteiger partial charge on any atom is -0.216 e. The van der Waals surface area contributed by atoms with Crippen LogP contribution in [0.2, 0.25) is 0 Å². The zero-order valence-corrected chi connectivity index (χ0v) is 5.70. The van der Waals surface area contributed by atoms with Crippen molar-refractivity contribution in [1.82, 2.24) is 0 Å². The first-order chi connectivity index (χ1) is 4.68. The summed E-state index contributed by atoms with van der Waals surface area (Å²) in [5.41, 5.74) is 0. The highest BCUT2D eigenvalue weighted by Gasteiger charge is 1.97. The van der Waals surface area contributed by atoms with Gasteiger partial charge in [0.1, 0.15) is 11.7 Å². The van der Waals surface area contributed by atoms with Crippen LogP contribution in [-0.2, 0) is 0 Å². The van der Waals surface area contributed by atoms with Crippen molar-refractivity contribution in [3.05, 3.63) is 24.1 Å². The maximum absolute atomic E-state index is 12.2. The molecule has 0 aliphatic carbocycles. The van der Waals surface area contributed by atoms with Crippen molar-refractivity contribution in [2.45, 2.75) is 19.8 Å². The summed E-state index contributed by atoms with van der Waals surface area (Å²) in [5, 5.41) is 0. The van der Waals surface area contributed by atoms with Gasteiger partial charge in [-0.3, -0.25) is 0 Å². The van der Waals surface area contributed by atoms with Crippen molar-refractivity contribution in [3.8, 4) is 0 Å². The van der Waals surface area contributed by atoms with Crippen LogP contribution >= 0.6 is 0 Å². The molecule has 0 aromatic heterocycles. The third kappa shape index (κ3) is 4.18. The van der Waals surface area contributed by atoms with E-state index in [4.69, 9.17) is 0 Å². The lowest BCUT2D eigenvalue weighted by Gasteiger charge is -1.91. The lowest BCUT2D eigenvalue weighted by atomic mass is 10.2. The molecule has 0 fully saturated rings. The molecule has 0 heterocycles. The smallest absolute Gasteiger partial charge is 0.131 e. The monoisotopic (exact) mass is 150 g/mol. The van der Waals surface area contributed by atoms with Crippen LogP contribution in [0, 0.1) is 0 Å². The summed E-state index contributed by atoms with van der Waals surface area (Å²) in [6.45, 7) is 1.04. The Balaban J connectivity index is 3.60. The van der Waals surface area contributed by atoms with Crippen LogP contribution in [0.5, 0.6) is 0 Å². The normalized spacial score (nSPS) is 14.0. The Morgan fingerprint density at radius 2 is 2.00 bits per heavy atom. The van der Waals surface area contributed by atoms with Gasteiger partial charge in [0.15, 0.2) is 0 Å². The minimum atomic E-state index is -0.827. The van der Waals surface area contributed by atoms with Gasteiger partial charge in [0.25, 0.3) is 0 Å². The van der Waals surface area contributed by atoms with E-state index in [0.29, 0.717) is 6.33 Å². The molecule has 0 bridgehead atoms. The van der Waals surface area contributed by atoms with Crippen molar-refractivity contribution < 1.29 is 13.2 Å². The zero-order chi connectivity index (χ0) is 7.98. The molecule has 0 saturated heterocycles. The fourth-order valence-corrected chi connectivity index (χ4v) is 0.445. The lowest BCUT2D eigenvalue weighted by molar-refractivity contribution is 0.510. The van der Waals surface area contributed by atoms with Crippen molar-refractivity contribution >= 4 is 0 Å². The largest absolute Gasteiger partial charge is 0.216 e. The second-order valence-corrected chi connectivity index (χ2v) is 1.84. The highest BCUT2D eigenvalue weighted by Crippen LogP contribution is 2.13. The summed E-state index contributed by atoms with van der Waals surface area (Å²) in [6, 6.07) is 0. The molecule has 58 valence electrons. The van der Waals surface area contributed by atoms with Crippen LogP contribution in [0.3, 0.4) is 0 Å². The summed E-state index contributed by atoms with van der Waals surface area (Å²) in [5.74, 6) is -1.63. The van der Waals surface area contributed by atoms with Crippen LogP contribution in [-0.4, -0.2) is 0 Å². The van der Waals surface area contributed by atoms with Crippen molar-refractivity contribution in [2.75, 3.05) is 0 Å². The highest BCUT2D eigenvalue weighted by molar-refractivity contribution is 4.97. The number of hydrogen-bond donors (Lipinski definition) is 0. The van der Waals surface area contributed by atoms with Gasteiger partial charge in [-0.1, -0.05) is 6.08 Å². The maximum Gasteiger partial charge on any atom is 0.131 e. The van der Waals surface area contributed by atoms with E-state index >= 15 is 0 Å². The SMILES string of the molecule is C/C(F)=C(\F)CC/C=C/F. The van der Waals surface area contributed by atoms with Gasteiger partial charge in [-0.05, 0) is 13.3 Å². The number of hydrogen-bond acceptors (Lipinski definition) is 0. The van der Waals surface area contributed by atoms with Gasteiger partial charge in [-0.25, -0.2) is 13.2 Å².